The van der Waals surface area contributed by atoms with E-state index in [2.05, 4.69) is 67.3 Å². The summed E-state index contributed by atoms with van der Waals surface area (Å²) < 4.78 is 0. The molecule has 118 valence electrons. The first-order chi connectivity index (χ1) is 10.1. The zero-order valence-electron chi connectivity index (χ0n) is 14.1. The molecule has 2 unspecified atom stereocenters. The lowest BCUT2D eigenvalue weighted by atomic mass is 9.91. The van der Waals surface area contributed by atoms with E-state index in [0.717, 1.165) is 5.92 Å². The number of nitrogens with zero attached hydrogens (tertiary/aromatic N) is 2. The van der Waals surface area contributed by atoms with Crippen LogP contribution in [0.4, 0.5) is 11.4 Å². The summed E-state index contributed by atoms with van der Waals surface area (Å²) in [4.78, 5) is 4.78. The van der Waals surface area contributed by atoms with Crippen molar-refractivity contribution in [2.45, 2.75) is 39.2 Å². The van der Waals surface area contributed by atoms with Crippen LogP contribution < -0.4 is 10.2 Å². The second-order valence-corrected chi connectivity index (χ2v) is 6.58. The Hall–Kier alpha value is -1.22. The Morgan fingerprint density at radius 1 is 1.38 bits per heavy atom. The molecule has 0 amide bonds. The maximum Gasteiger partial charge on any atom is 0.0381 e. The van der Waals surface area contributed by atoms with Gasteiger partial charge in [0.25, 0.3) is 0 Å². The molecule has 1 aliphatic heterocycles. The van der Waals surface area contributed by atoms with Gasteiger partial charge in [-0.2, -0.15) is 0 Å². The number of piperidine rings is 1. The van der Waals surface area contributed by atoms with Crippen LogP contribution in [0.1, 0.15) is 33.1 Å². The SMILES string of the molecule is CCCN1CCCC(C(C)Nc2cccc(N(C)C)c2)C1. The Morgan fingerprint density at radius 3 is 2.90 bits per heavy atom. The van der Waals surface area contributed by atoms with Crippen molar-refractivity contribution in [1.82, 2.24) is 4.90 Å². The van der Waals surface area contributed by atoms with E-state index in [0.29, 0.717) is 6.04 Å². The van der Waals surface area contributed by atoms with Crippen LogP contribution in [0.25, 0.3) is 0 Å². The molecule has 0 radical (unpaired) electrons. The van der Waals surface area contributed by atoms with Crippen molar-refractivity contribution in [2.75, 3.05) is 43.9 Å². The van der Waals surface area contributed by atoms with Gasteiger partial charge in [-0.1, -0.05) is 13.0 Å². The van der Waals surface area contributed by atoms with Gasteiger partial charge in [-0.15, -0.1) is 0 Å². The van der Waals surface area contributed by atoms with Crippen molar-refractivity contribution < 1.29 is 0 Å². The highest BCUT2D eigenvalue weighted by Gasteiger charge is 2.24. The molecular weight excluding hydrogens is 258 g/mol. The van der Waals surface area contributed by atoms with Crippen molar-refractivity contribution in [1.29, 1.82) is 0 Å². The van der Waals surface area contributed by atoms with Crippen LogP contribution in [0.5, 0.6) is 0 Å². The minimum Gasteiger partial charge on any atom is -0.382 e. The number of likely N-dealkylation sites (tertiary alicyclic amines) is 1. The topological polar surface area (TPSA) is 18.5 Å². The van der Waals surface area contributed by atoms with Crippen molar-refractivity contribution in [3.8, 4) is 0 Å². The van der Waals surface area contributed by atoms with Crippen molar-refractivity contribution in [2.24, 2.45) is 5.92 Å². The van der Waals surface area contributed by atoms with Crippen LogP contribution in [0, 0.1) is 5.92 Å². The minimum absolute atomic E-state index is 0.530. The summed E-state index contributed by atoms with van der Waals surface area (Å²) in [6.45, 7) is 8.39. The molecule has 21 heavy (non-hydrogen) atoms. The zero-order chi connectivity index (χ0) is 15.2. The van der Waals surface area contributed by atoms with Crippen LogP contribution in [-0.2, 0) is 0 Å². The summed E-state index contributed by atoms with van der Waals surface area (Å²) in [5.74, 6) is 0.758. The van der Waals surface area contributed by atoms with E-state index < -0.39 is 0 Å². The monoisotopic (exact) mass is 289 g/mol. The standard InChI is InChI=1S/C18H31N3/c1-5-11-21-12-7-8-16(14-21)15(2)19-17-9-6-10-18(13-17)20(3)4/h6,9-10,13,15-16,19H,5,7-8,11-12,14H2,1-4H3. The second kappa shape index (κ2) is 7.69. The highest BCUT2D eigenvalue weighted by Crippen LogP contribution is 2.24. The predicted octanol–water partition coefficient (Wildman–Crippen LogP) is 3.68. The van der Waals surface area contributed by atoms with Gasteiger partial charge in [-0.25, -0.2) is 0 Å². The quantitative estimate of drug-likeness (QED) is 0.862. The number of hydrogen-bond acceptors (Lipinski definition) is 3. The van der Waals surface area contributed by atoms with Crippen LogP contribution in [-0.4, -0.2) is 44.7 Å². The molecule has 1 N–H and O–H groups in total. The first kappa shape index (κ1) is 16.2. The molecule has 0 aliphatic carbocycles. The second-order valence-electron chi connectivity index (χ2n) is 6.58. The third-order valence-electron chi connectivity index (χ3n) is 4.55. The van der Waals surface area contributed by atoms with Gasteiger partial charge in [-0.05, 0) is 63.4 Å². The summed E-state index contributed by atoms with van der Waals surface area (Å²) in [6.07, 6.45) is 3.95. The molecule has 1 aliphatic rings. The van der Waals surface area contributed by atoms with Gasteiger partial charge in [0.2, 0.25) is 0 Å². The van der Waals surface area contributed by atoms with Crippen molar-refractivity contribution in [3.63, 3.8) is 0 Å². The highest BCUT2D eigenvalue weighted by atomic mass is 15.1. The number of anilines is 2. The lowest BCUT2D eigenvalue weighted by Gasteiger charge is -2.36. The maximum absolute atomic E-state index is 3.72. The van der Waals surface area contributed by atoms with Gasteiger partial charge in [0, 0.05) is 38.1 Å². The molecule has 2 atom stereocenters. The average Bonchev–Trinajstić information content (AvgIpc) is 2.48. The zero-order valence-corrected chi connectivity index (χ0v) is 14.1. The fraction of sp³-hybridized carbons (Fsp3) is 0.667. The fourth-order valence-corrected chi connectivity index (χ4v) is 3.27. The third kappa shape index (κ3) is 4.63. The van der Waals surface area contributed by atoms with Gasteiger partial charge in [0.15, 0.2) is 0 Å². The normalized spacial score (nSPS) is 21.0. The van der Waals surface area contributed by atoms with Gasteiger partial charge >= 0.3 is 0 Å². The molecule has 1 aromatic carbocycles. The van der Waals surface area contributed by atoms with Gasteiger partial charge in [0.05, 0.1) is 0 Å². The van der Waals surface area contributed by atoms with Crippen molar-refractivity contribution in [3.05, 3.63) is 24.3 Å². The lowest BCUT2D eigenvalue weighted by molar-refractivity contribution is 0.165. The molecule has 1 aromatic rings. The molecule has 3 heteroatoms. The van der Waals surface area contributed by atoms with Crippen LogP contribution in [0.3, 0.4) is 0 Å². The Morgan fingerprint density at radius 2 is 2.19 bits per heavy atom. The molecule has 3 nitrogen and oxygen atoms in total. The average molecular weight is 289 g/mol. The molecule has 0 saturated carbocycles. The summed E-state index contributed by atoms with van der Waals surface area (Å²) in [5.41, 5.74) is 2.49. The predicted molar refractivity (Wildman–Crippen MR) is 93.3 cm³/mol. The molecule has 0 bridgehead atoms. The fourth-order valence-electron chi connectivity index (χ4n) is 3.27. The van der Waals surface area contributed by atoms with Gasteiger partial charge in [-0.3, -0.25) is 0 Å². The van der Waals surface area contributed by atoms with E-state index in [9.17, 15) is 0 Å². The first-order valence-corrected chi connectivity index (χ1v) is 8.36. The van der Waals surface area contributed by atoms with Crippen LogP contribution in [0.15, 0.2) is 24.3 Å². The van der Waals surface area contributed by atoms with Crippen LogP contribution in [0.2, 0.25) is 0 Å². The smallest absolute Gasteiger partial charge is 0.0381 e. The summed E-state index contributed by atoms with van der Waals surface area (Å²) in [5, 5.41) is 3.72. The van der Waals surface area contributed by atoms with Crippen molar-refractivity contribution >= 4 is 11.4 Å². The summed E-state index contributed by atoms with van der Waals surface area (Å²) in [7, 11) is 4.18. The molecule has 1 fully saturated rings. The van der Waals surface area contributed by atoms with E-state index in [1.165, 1.54) is 50.3 Å². The maximum atomic E-state index is 3.72. The number of rotatable bonds is 6. The van der Waals surface area contributed by atoms with E-state index in [1.54, 1.807) is 0 Å². The van der Waals surface area contributed by atoms with E-state index in [1.807, 2.05) is 0 Å². The van der Waals surface area contributed by atoms with Gasteiger partial charge < -0.3 is 15.1 Å². The number of hydrogen-bond donors (Lipinski definition) is 1. The van der Waals surface area contributed by atoms with Gasteiger partial charge in [0.1, 0.15) is 0 Å². The number of nitrogens with one attached hydrogen (secondary N) is 1. The molecule has 0 aromatic heterocycles. The van der Waals surface area contributed by atoms with E-state index in [4.69, 9.17) is 0 Å². The van der Waals surface area contributed by atoms with E-state index in [-0.39, 0.29) is 0 Å². The van der Waals surface area contributed by atoms with Crippen LogP contribution >= 0.6 is 0 Å². The molecular formula is C18H31N3. The summed E-state index contributed by atoms with van der Waals surface area (Å²) >= 11 is 0. The molecule has 2 rings (SSSR count). The summed E-state index contributed by atoms with van der Waals surface area (Å²) in [6, 6.07) is 9.23. The van der Waals surface area contributed by atoms with E-state index >= 15 is 0 Å². The lowest BCUT2D eigenvalue weighted by Crippen LogP contribution is -2.42. The number of benzene rings is 1. The first-order valence-electron chi connectivity index (χ1n) is 8.36. The Balaban J connectivity index is 1.94. The molecule has 0 spiro atoms. The Kier molecular flexibility index (Phi) is 5.92. The largest absolute Gasteiger partial charge is 0.382 e. The highest BCUT2D eigenvalue weighted by molar-refractivity contribution is 5.57. The minimum atomic E-state index is 0.530. The molecule has 1 saturated heterocycles. The Bertz CT molecular complexity index is 428. The third-order valence-corrected chi connectivity index (χ3v) is 4.55. The Labute approximate surface area is 130 Å². The molecule has 1 heterocycles.